The number of hydrogen-bond donors (Lipinski definition) is 1. The van der Waals surface area contributed by atoms with E-state index in [4.69, 9.17) is 0 Å². The highest BCUT2D eigenvalue weighted by Crippen LogP contribution is 2.40. The van der Waals surface area contributed by atoms with E-state index in [9.17, 15) is 5.11 Å². The van der Waals surface area contributed by atoms with Gasteiger partial charge in [-0.25, -0.2) is 0 Å². The van der Waals surface area contributed by atoms with Crippen molar-refractivity contribution in [3.05, 3.63) is 34.9 Å². The van der Waals surface area contributed by atoms with Crippen molar-refractivity contribution in [3.63, 3.8) is 0 Å². The van der Waals surface area contributed by atoms with Crippen molar-refractivity contribution in [2.45, 2.75) is 51.6 Å². The molecule has 1 aliphatic carbocycles. The maximum Gasteiger partial charge on any atom is 0.0902 e. The Morgan fingerprint density at radius 3 is 2.93 bits per heavy atom. The monoisotopic (exact) mass is 204 g/mol. The van der Waals surface area contributed by atoms with Crippen molar-refractivity contribution < 1.29 is 5.11 Å². The van der Waals surface area contributed by atoms with Crippen LogP contribution in [0.3, 0.4) is 0 Å². The van der Waals surface area contributed by atoms with Crippen LogP contribution >= 0.6 is 0 Å². The van der Waals surface area contributed by atoms with Gasteiger partial charge in [-0.3, -0.25) is 0 Å². The maximum absolute atomic E-state index is 10.6. The molecule has 0 radical (unpaired) electrons. The van der Waals surface area contributed by atoms with Crippen LogP contribution < -0.4 is 0 Å². The second kappa shape index (κ2) is 3.97. The van der Waals surface area contributed by atoms with E-state index in [2.05, 4.69) is 32.0 Å². The van der Waals surface area contributed by atoms with Gasteiger partial charge in [-0.2, -0.15) is 0 Å². The van der Waals surface area contributed by atoms with Gasteiger partial charge in [0.1, 0.15) is 0 Å². The Balaban J connectivity index is 2.29. The van der Waals surface area contributed by atoms with Crippen LogP contribution in [0.25, 0.3) is 0 Å². The molecular weight excluding hydrogens is 184 g/mol. The molecule has 0 heterocycles. The first-order chi connectivity index (χ1) is 7.15. The number of rotatable bonds is 3. The number of hydrogen-bond acceptors (Lipinski definition) is 1. The number of fused-ring (bicyclic) bond motifs is 1. The average molecular weight is 204 g/mol. The Hall–Kier alpha value is -0.820. The Labute approximate surface area is 92.1 Å². The molecule has 1 heteroatoms. The van der Waals surface area contributed by atoms with Crippen LogP contribution in [0.1, 0.15) is 49.3 Å². The van der Waals surface area contributed by atoms with Crippen LogP contribution in [0, 0.1) is 6.92 Å². The predicted octanol–water partition coefficient (Wildman–Crippen LogP) is 3.32. The third-order valence-electron chi connectivity index (χ3n) is 3.52. The van der Waals surface area contributed by atoms with Crippen molar-refractivity contribution in [2.24, 2.45) is 0 Å². The first kappa shape index (κ1) is 10.7. The van der Waals surface area contributed by atoms with E-state index >= 15 is 0 Å². The molecule has 1 aliphatic rings. The molecule has 1 aromatic carbocycles. The average Bonchev–Trinajstić information content (AvgIpc) is 2.55. The summed E-state index contributed by atoms with van der Waals surface area (Å²) in [6, 6.07) is 6.48. The molecule has 1 aromatic rings. The molecule has 1 nitrogen and oxygen atoms in total. The topological polar surface area (TPSA) is 20.2 Å². The number of aliphatic hydroxyl groups is 1. The second-order valence-electron chi connectivity index (χ2n) is 4.80. The van der Waals surface area contributed by atoms with Crippen LogP contribution in [0.5, 0.6) is 0 Å². The highest BCUT2D eigenvalue weighted by molar-refractivity contribution is 5.39. The summed E-state index contributed by atoms with van der Waals surface area (Å²) in [6.07, 6.45) is 5.13. The summed E-state index contributed by atoms with van der Waals surface area (Å²) in [5.41, 5.74) is 3.26. The van der Waals surface area contributed by atoms with E-state index < -0.39 is 5.60 Å². The summed E-state index contributed by atoms with van der Waals surface area (Å²) in [7, 11) is 0. The number of benzene rings is 1. The van der Waals surface area contributed by atoms with E-state index in [1.165, 1.54) is 16.7 Å². The molecule has 0 spiro atoms. The Morgan fingerprint density at radius 2 is 2.20 bits per heavy atom. The van der Waals surface area contributed by atoms with Gasteiger partial charge in [0, 0.05) is 0 Å². The van der Waals surface area contributed by atoms with E-state index in [1.54, 1.807) is 0 Å². The lowest BCUT2D eigenvalue weighted by Gasteiger charge is -2.24. The van der Waals surface area contributed by atoms with Gasteiger partial charge in [0.15, 0.2) is 0 Å². The summed E-state index contributed by atoms with van der Waals surface area (Å²) in [5, 5.41) is 10.6. The third-order valence-corrected chi connectivity index (χ3v) is 3.52. The Kier molecular flexibility index (Phi) is 2.83. The SMILES string of the molecule is CCCCC1(O)CCc2ccc(C)cc21. The zero-order chi connectivity index (χ0) is 10.9. The zero-order valence-electron chi connectivity index (χ0n) is 9.71. The normalized spacial score (nSPS) is 24.2. The van der Waals surface area contributed by atoms with Crippen molar-refractivity contribution in [3.8, 4) is 0 Å². The van der Waals surface area contributed by atoms with Crippen LogP contribution in [-0.2, 0) is 12.0 Å². The second-order valence-corrected chi connectivity index (χ2v) is 4.80. The molecule has 1 unspecified atom stereocenters. The summed E-state index contributed by atoms with van der Waals surface area (Å²) in [4.78, 5) is 0. The minimum Gasteiger partial charge on any atom is -0.385 e. The lowest BCUT2D eigenvalue weighted by atomic mass is 9.89. The molecule has 82 valence electrons. The van der Waals surface area contributed by atoms with Crippen molar-refractivity contribution in [2.75, 3.05) is 0 Å². The van der Waals surface area contributed by atoms with Gasteiger partial charge in [0.05, 0.1) is 5.60 Å². The largest absolute Gasteiger partial charge is 0.385 e. The fourth-order valence-electron chi connectivity index (χ4n) is 2.55. The minimum atomic E-state index is -0.530. The first-order valence-electron chi connectivity index (χ1n) is 5.98. The molecule has 0 saturated carbocycles. The smallest absolute Gasteiger partial charge is 0.0902 e. The van der Waals surface area contributed by atoms with Crippen LogP contribution in [0.2, 0.25) is 0 Å². The van der Waals surface area contributed by atoms with Crippen molar-refractivity contribution >= 4 is 0 Å². The quantitative estimate of drug-likeness (QED) is 0.800. The molecule has 2 rings (SSSR count). The van der Waals surface area contributed by atoms with Gasteiger partial charge in [0.2, 0.25) is 0 Å². The Morgan fingerprint density at radius 1 is 1.40 bits per heavy atom. The maximum atomic E-state index is 10.6. The zero-order valence-corrected chi connectivity index (χ0v) is 9.71. The van der Waals surface area contributed by atoms with Gasteiger partial charge in [0.25, 0.3) is 0 Å². The lowest BCUT2D eigenvalue weighted by Crippen LogP contribution is -2.22. The van der Waals surface area contributed by atoms with Gasteiger partial charge in [-0.05, 0) is 37.3 Å². The fourth-order valence-corrected chi connectivity index (χ4v) is 2.55. The molecule has 0 bridgehead atoms. The van der Waals surface area contributed by atoms with Crippen LogP contribution in [-0.4, -0.2) is 5.11 Å². The molecular formula is C14H20O. The molecule has 1 N–H and O–H groups in total. The molecule has 0 fully saturated rings. The van der Waals surface area contributed by atoms with Crippen LogP contribution in [0.4, 0.5) is 0 Å². The Bertz CT molecular complexity index is 356. The minimum absolute atomic E-state index is 0.530. The first-order valence-corrected chi connectivity index (χ1v) is 5.98. The fraction of sp³-hybridized carbons (Fsp3) is 0.571. The highest BCUT2D eigenvalue weighted by Gasteiger charge is 2.35. The summed E-state index contributed by atoms with van der Waals surface area (Å²) in [5.74, 6) is 0. The predicted molar refractivity (Wildman–Crippen MR) is 62.9 cm³/mol. The number of unbranched alkanes of at least 4 members (excludes halogenated alkanes) is 1. The molecule has 1 atom stereocenters. The van der Waals surface area contributed by atoms with E-state index in [0.29, 0.717) is 0 Å². The summed E-state index contributed by atoms with van der Waals surface area (Å²) in [6.45, 7) is 4.27. The summed E-state index contributed by atoms with van der Waals surface area (Å²) >= 11 is 0. The van der Waals surface area contributed by atoms with Crippen molar-refractivity contribution in [1.82, 2.24) is 0 Å². The van der Waals surface area contributed by atoms with Gasteiger partial charge in [-0.15, -0.1) is 0 Å². The molecule has 15 heavy (non-hydrogen) atoms. The molecule has 0 saturated heterocycles. The van der Waals surface area contributed by atoms with Gasteiger partial charge >= 0.3 is 0 Å². The number of aryl methyl sites for hydroxylation is 2. The van der Waals surface area contributed by atoms with Gasteiger partial charge < -0.3 is 5.11 Å². The van der Waals surface area contributed by atoms with Crippen LogP contribution in [0.15, 0.2) is 18.2 Å². The highest BCUT2D eigenvalue weighted by atomic mass is 16.3. The lowest BCUT2D eigenvalue weighted by molar-refractivity contribution is 0.0272. The standard InChI is InChI=1S/C14H20O/c1-3-4-8-14(15)9-7-12-6-5-11(2)10-13(12)14/h5-6,10,15H,3-4,7-9H2,1-2H3. The summed E-state index contributed by atoms with van der Waals surface area (Å²) < 4.78 is 0. The van der Waals surface area contributed by atoms with E-state index in [1.807, 2.05) is 0 Å². The molecule has 0 aliphatic heterocycles. The van der Waals surface area contributed by atoms with Crippen molar-refractivity contribution in [1.29, 1.82) is 0 Å². The van der Waals surface area contributed by atoms with E-state index in [0.717, 1.165) is 32.1 Å². The molecule has 0 aromatic heterocycles. The van der Waals surface area contributed by atoms with Gasteiger partial charge in [-0.1, -0.05) is 43.5 Å². The van der Waals surface area contributed by atoms with E-state index in [-0.39, 0.29) is 0 Å². The molecule has 0 amide bonds. The third kappa shape index (κ3) is 1.93.